The largest absolute Gasteiger partial charge is 0.450 e. The van der Waals surface area contributed by atoms with Crippen molar-refractivity contribution in [1.29, 1.82) is 0 Å². The number of imide groups is 2. The molecular weight excluding hydrogens is 754 g/mol. The zero-order valence-corrected chi connectivity index (χ0v) is 32.3. The molecule has 0 fully saturated rings. The van der Waals surface area contributed by atoms with Gasteiger partial charge in [-0.3, -0.25) is 53.0 Å². The summed E-state index contributed by atoms with van der Waals surface area (Å²) in [5.74, 6) is -5.74. The van der Waals surface area contributed by atoms with Crippen molar-refractivity contribution >= 4 is 65.4 Å². The Kier molecular flexibility index (Phi) is 19.9. The summed E-state index contributed by atoms with van der Waals surface area (Å²) < 4.78 is 9.73. The predicted octanol–water partition coefficient (Wildman–Crippen LogP) is -2.28. The molecule has 2 aliphatic rings. The van der Waals surface area contributed by atoms with Crippen molar-refractivity contribution in [3.05, 3.63) is 24.3 Å². The van der Waals surface area contributed by atoms with Gasteiger partial charge in [0.25, 0.3) is 23.6 Å². The van der Waals surface area contributed by atoms with E-state index in [1.54, 1.807) is 13.8 Å². The summed E-state index contributed by atoms with van der Waals surface area (Å²) in [6, 6.07) is -3.54. The van der Waals surface area contributed by atoms with Gasteiger partial charge in [-0.05, 0) is 47.0 Å². The van der Waals surface area contributed by atoms with Crippen LogP contribution in [0, 0.1) is 0 Å². The molecule has 4 unspecified atom stereocenters. The monoisotopic (exact) mass is 805 g/mol. The van der Waals surface area contributed by atoms with Gasteiger partial charge in [0.05, 0.1) is 19.4 Å². The lowest BCUT2D eigenvalue weighted by atomic mass is 10.1. The molecule has 0 aromatic heterocycles. The van der Waals surface area contributed by atoms with Crippen molar-refractivity contribution in [2.45, 2.75) is 90.5 Å². The minimum Gasteiger partial charge on any atom is -0.450 e. The smallest absolute Gasteiger partial charge is 0.407 e. The van der Waals surface area contributed by atoms with Crippen LogP contribution in [-0.4, -0.2) is 139 Å². The van der Waals surface area contributed by atoms with E-state index in [1.807, 2.05) is 0 Å². The van der Waals surface area contributed by atoms with E-state index in [-0.39, 0.29) is 52.2 Å². The molecule has 2 aliphatic heterocycles. The fourth-order valence-corrected chi connectivity index (χ4v) is 5.36. The first kappa shape index (κ1) is 46.8. The van der Waals surface area contributed by atoms with Gasteiger partial charge in [-0.2, -0.15) is 0 Å². The highest BCUT2D eigenvalue weighted by Gasteiger charge is 2.33. The van der Waals surface area contributed by atoms with E-state index in [2.05, 4.69) is 37.2 Å². The SMILES string of the molecule is CCOC(=O)NCCCCC(NC(=O)OCC)C(=O)NC(CC(=O)NCCNC(=O)CCN1C(=O)C=CC1=O)CC(=O)NC(C)NC(=O)C(C)N1C(=O)C=CC1=O. The lowest BCUT2D eigenvalue weighted by Gasteiger charge is -2.25. The molecule has 2 rings (SSSR count). The maximum absolute atomic E-state index is 13.5. The van der Waals surface area contributed by atoms with Crippen LogP contribution in [-0.2, 0) is 52.6 Å². The molecule has 7 N–H and O–H groups in total. The number of hydrogen-bond acceptors (Lipinski definition) is 13. The molecule has 0 aromatic carbocycles. The van der Waals surface area contributed by atoms with Crippen LogP contribution in [0.4, 0.5) is 9.59 Å². The average Bonchev–Trinajstić information content (AvgIpc) is 3.65. The Morgan fingerprint density at radius 2 is 1.18 bits per heavy atom. The molecule has 0 radical (unpaired) electrons. The summed E-state index contributed by atoms with van der Waals surface area (Å²) in [6.45, 7) is 6.16. The van der Waals surface area contributed by atoms with E-state index in [9.17, 15) is 52.7 Å². The fourth-order valence-electron chi connectivity index (χ4n) is 5.36. The maximum atomic E-state index is 13.5. The van der Waals surface area contributed by atoms with E-state index in [0.29, 0.717) is 12.8 Å². The first-order valence-electron chi connectivity index (χ1n) is 18.4. The van der Waals surface area contributed by atoms with Crippen LogP contribution in [0.2, 0.25) is 0 Å². The minimum atomic E-state index is -1.19. The van der Waals surface area contributed by atoms with Gasteiger partial charge in [0, 0.05) is 75.8 Å². The van der Waals surface area contributed by atoms with Crippen LogP contribution in [0.25, 0.3) is 0 Å². The van der Waals surface area contributed by atoms with Gasteiger partial charge in [0.15, 0.2) is 0 Å². The van der Waals surface area contributed by atoms with Gasteiger partial charge < -0.3 is 46.7 Å². The van der Waals surface area contributed by atoms with Crippen LogP contribution >= 0.6 is 0 Å². The highest BCUT2D eigenvalue weighted by molar-refractivity contribution is 6.15. The lowest BCUT2D eigenvalue weighted by Crippen LogP contribution is -2.55. The average molecular weight is 806 g/mol. The Balaban J connectivity index is 2.04. The number of nitrogens with one attached hydrogen (secondary N) is 7. The normalized spacial score (nSPS) is 15.3. The van der Waals surface area contributed by atoms with Crippen LogP contribution in [0.1, 0.15) is 66.2 Å². The molecule has 0 saturated carbocycles. The molecule has 314 valence electrons. The van der Waals surface area contributed by atoms with Crippen molar-refractivity contribution < 1.29 is 62.2 Å². The third-order valence-electron chi connectivity index (χ3n) is 8.14. The Morgan fingerprint density at radius 3 is 1.79 bits per heavy atom. The van der Waals surface area contributed by atoms with Crippen molar-refractivity contribution in [1.82, 2.24) is 47.0 Å². The Hall–Kier alpha value is -6.35. The second-order valence-corrected chi connectivity index (χ2v) is 12.6. The van der Waals surface area contributed by atoms with Gasteiger partial charge in [0.1, 0.15) is 12.1 Å². The number of amides is 11. The Labute approximate surface area is 328 Å². The van der Waals surface area contributed by atoms with E-state index in [1.165, 1.54) is 13.8 Å². The van der Waals surface area contributed by atoms with E-state index in [4.69, 9.17) is 9.47 Å². The fraction of sp³-hybridized carbons (Fsp3) is 0.571. The second kappa shape index (κ2) is 24.2. The topological polar surface area (TPSA) is 297 Å². The number of unbranched alkanes of at least 4 members (excludes halogenated alkanes) is 1. The van der Waals surface area contributed by atoms with E-state index in [0.717, 1.165) is 34.1 Å². The molecule has 22 heteroatoms. The van der Waals surface area contributed by atoms with E-state index < -0.39 is 102 Å². The zero-order chi connectivity index (χ0) is 42.5. The van der Waals surface area contributed by atoms with Crippen LogP contribution in [0.15, 0.2) is 24.3 Å². The van der Waals surface area contributed by atoms with Crippen LogP contribution < -0.4 is 37.2 Å². The standard InChI is InChI=1S/C35H51N9O13/c1-5-56-34(54)38-15-8-7-9-24(42-35(55)57-6-2)33(53)41-23(19-26(46)37-17-16-36-25(45)14-18-43-28(48)10-11-29(43)49)20-27(47)39-22(4)40-32(52)21(3)44-30(50)12-13-31(44)51/h10-13,21-24H,5-9,14-20H2,1-4H3,(H,36,45)(H,37,46)(H,38,54)(H,39,47)(H,40,52)(H,41,53)(H,42,55). The van der Waals surface area contributed by atoms with Gasteiger partial charge in [-0.15, -0.1) is 0 Å². The molecule has 4 atom stereocenters. The Morgan fingerprint density at radius 1 is 0.614 bits per heavy atom. The highest BCUT2D eigenvalue weighted by atomic mass is 16.6. The van der Waals surface area contributed by atoms with E-state index >= 15 is 0 Å². The first-order chi connectivity index (χ1) is 27.1. The maximum Gasteiger partial charge on any atom is 0.407 e. The molecule has 11 amide bonds. The van der Waals surface area contributed by atoms with Crippen molar-refractivity contribution in [2.75, 3.05) is 39.4 Å². The first-order valence-corrected chi connectivity index (χ1v) is 18.4. The van der Waals surface area contributed by atoms with Crippen LogP contribution in [0.5, 0.6) is 0 Å². The van der Waals surface area contributed by atoms with Crippen molar-refractivity contribution in [2.24, 2.45) is 0 Å². The molecule has 0 saturated heterocycles. The van der Waals surface area contributed by atoms with Gasteiger partial charge >= 0.3 is 12.2 Å². The van der Waals surface area contributed by atoms with Gasteiger partial charge in [-0.25, -0.2) is 9.59 Å². The molecule has 57 heavy (non-hydrogen) atoms. The van der Waals surface area contributed by atoms with Crippen molar-refractivity contribution in [3.8, 4) is 0 Å². The molecule has 0 aromatic rings. The second-order valence-electron chi connectivity index (χ2n) is 12.6. The molecule has 0 aliphatic carbocycles. The quantitative estimate of drug-likeness (QED) is 0.0308. The van der Waals surface area contributed by atoms with Crippen LogP contribution in [0.3, 0.4) is 0 Å². The molecular formula is C35H51N9O13. The molecule has 0 spiro atoms. The summed E-state index contributed by atoms with van der Waals surface area (Å²) in [4.78, 5) is 137. The predicted molar refractivity (Wildman–Crippen MR) is 197 cm³/mol. The molecule has 0 bridgehead atoms. The number of ether oxygens (including phenoxy) is 2. The summed E-state index contributed by atoms with van der Waals surface area (Å²) in [5, 5.41) is 17.7. The zero-order valence-electron chi connectivity index (χ0n) is 32.3. The summed E-state index contributed by atoms with van der Waals surface area (Å²) in [7, 11) is 0. The number of carbonyl (C=O) groups is 11. The number of hydrogen-bond donors (Lipinski definition) is 7. The molecule has 22 nitrogen and oxygen atoms in total. The summed E-state index contributed by atoms with van der Waals surface area (Å²) >= 11 is 0. The minimum absolute atomic E-state index is 0.0113. The number of nitrogens with zero attached hydrogens (tertiary/aromatic N) is 2. The third-order valence-corrected chi connectivity index (χ3v) is 8.14. The summed E-state index contributed by atoms with van der Waals surface area (Å²) in [6.07, 6.45) is 1.45. The number of rotatable bonds is 24. The number of alkyl carbamates (subject to hydrolysis) is 2. The van der Waals surface area contributed by atoms with Gasteiger partial charge in [0.2, 0.25) is 29.5 Å². The Bertz CT molecular complexity index is 1560. The lowest BCUT2D eigenvalue weighted by molar-refractivity contribution is -0.145. The number of carbonyl (C=O) groups excluding carboxylic acids is 11. The third kappa shape index (κ3) is 16.9. The summed E-state index contributed by atoms with van der Waals surface area (Å²) in [5.41, 5.74) is 0. The molecule has 2 heterocycles. The van der Waals surface area contributed by atoms with Gasteiger partial charge in [-0.1, -0.05) is 0 Å². The highest BCUT2D eigenvalue weighted by Crippen LogP contribution is 2.10. The van der Waals surface area contributed by atoms with Crippen molar-refractivity contribution in [3.63, 3.8) is 0 Å².